The van der Waals surface area contributed by atoms with E-state index in [1.807, 2.05) is 12.1 Å². The van der Waals surface area contributed by atoms with E-state index in [0.717, 1.165) is 16.5 Å². The van der Waals surface area contributed by atoms with Gasteiger partial charge in [-0.2, -0.15) is 0 Å². The number of rotatable bonds is 5. The molecule has 0 saturated heterocycles. The quantitative estimate of drug-likeness (QED) is 0.884. The van der Waals surface area contributed by atoms with Crippen LogP contribution in [0.3, 0.4) is 0 Å². The second-order valence-corrected chi connectivity index (χ2v) is 5.32. The molecule has 0 aliphatic carbocycles. The van der Waals surface area contributed by atoms with Gasteiger partial charge in [0, 0.05) is 10.5 Å². The molecule has 1 aromatic rings. The molecule has 0 heterocycles. The van der Waals surface area contributed by atoms with Crippen molar-refractivity contribution >= 4 is 28.3 Å². The van der Waals surface area contributed by atoms with Crippen molar-refractivity contribution in [2.45, 2.75) is 26.3 Å². The van der Waals surface area contributed by atoms with Crippen molar-refractivity contribution in [3.05, 3.63) is 22.2 Å². The molecule has 0 aromatic heterocycles. The number of hydrogen-bond acceptors (Lipinski definition) is 3. The van der Waals surface area contributed by atoms with Crippen LogP contribution in [0, 0.1) is 5.92 Å². The predicted octanol–water partition coefficient (Wildman–Crippen LogP) is 3.93. The van der Waals surface area contributed by atoms with Gasteiger partial charge in [0.2, 0.25) is 0 Å². The van der Waals surface area contributed by atoms with Crippen LogP contribution in [0.25, 0.3) is 0 Å². The molecule has 1 rings (SSSR count). The van der Waals surface area contributed by atoms with Crippen molar-refractivity contribution < 1.29 is 9.47 Å². The zero-order valence-corrected chi connectivity index (χ0v) is 13.6. The summed E-state index contributed by atoms with van der Waals surface area (Å²) < 4.78 is 11.5. The van der Waals surface area contributed by atoms with Gasteiger partial charge in [0.1, 0.15) is 0 Å². The highest BCUT2D eigenvalue weighted by Gasteiger charge is 2.15. The molecular formula is C13H21BrClNO2. The Labute approximate surface area is 124 Å². The fraction of sp³-hybridized carbons (Fsp3) is 0.538. The van der Waals surface area contributed by atoms with E-state index >= 15 is 0 Å². The monoisotopic (exact) mass is 337 g/mol. The molecule has 0 radical (unpaired) electrons. The third-order valence-electron chi connectivity index (χ3n) is 2.63. The Kier molecular flexibility index (Phi) is 7.67. The van der Waals surface area contributed by atoms with Gasteiger partial charge in [0.25, 0.3) is 0 Å². The van der Waals surface area contributed by atoms with E-state index < -0.39 is 0 Å². The number of halogens is 2. The highest BCUT2D eigenvalue weighted by molar-refractivity contribution is 9.10. The SMILES string of the molecule is COc1cc(Br)c([C@H](N)CC(C)C)cc1OC.Cl. The van der Waals surface area contributed by atoms with E-state index in [1.54, 1.807) is 14.2 Å². The summed E-state index contributed by atoms with van der Waals surface area (Å²) in [4.78, 5) is 0. The molecule has 5 heteroatoms. The van der Waals surface area contributed by atoms with E-state index in [1.165, 1.54) is 0 Å². The molecule has 3 nitrogen and oxygen atoms in total. The Bertz CT molecular complexity index is 385. The molecule has 0 fully saturated rings. The van der Waals surface area contributed by atoms with E-state index in [0.29, 0.717) is 17.4 Å². The van der Waals surface area contributed by atoms with Crippen LogP contribution in [-0.4, -0.2) is 14.2 Å². The summed E-state index contributed by atoms with van der Waals surface area (Å²) in [5.74, 6) is 1.98. The molecule has 0 aliphatic heterocycles. The van der Waals surface area contributed by atoms with Crippen LogP contribution < -0.4 is 15.2 Å². The molecule has 2 N–H and O–H groups in total. The van der Waals surface area contributed by atoms with Gasteiger partial charge in [-0.25, -0.2) is 0 Å². The number of hydrogen-bond donors (Lipinski definition) is 1. The lowest BCUT2D eigenvalue weighted by atomic mass is 9.97. The lowest BCUT2D eigenvalue weighted by Gasteiger charge is -2.18. The molecule has 0 amide bonds. The van der Waals surface area contributed by atoms with Gasteiger partial charge < -0.3 is 15.2 Å². The maximum atomic E-state index is 6.19. The van der Waals surface area contributed by atoms with Crippen molar-refractivity contribution in [3.63, 3.8) is 0 Å². The second kappa shape index (κ2) is 7.87. The van der Waals surface area contributed by atoms with Gasteiger partial charge in [-0.15, -0.1) is 12.4 Å². The topological polar surface area (TPSA) is 44.5 Å². The van der Waals surface area contributed by atoms with Gasteiger partial charge in [-0.3, -0.25) is 0 Å². The summed E-state index contributed by atoms with van der Waals surface area (Å²) in [6, 6.07) is 3.84. The van der Waals surface area contributed by atoms with Crippen LogP contribution in [0.4, 0.5) is 0 Å². The summed E-state index contributed by atoms with van der Waals surface area (Å²) in [5.41, 5.74) is 7.24. The van der Waals surface area contributed by atoms with Crippen LogP contribution in [0.1, 0.15) is 31.9 Å². The third-order valence-corrected chi connectivity index (χ3v) is 3.31. The van der Waals surface area contributed by atoms with Crippen molar-refractivity contribution in [1.29, 1.82) is 0 Å². The zero-order chi connectivity index (χ0) is 13.0. The van der Waals surface area contributed by atoms with Gasteiger partial charge in [-0.1, -0.05) is 29.8 Å². The van der Waals surface area contributed by atoms with Crippen molar-refractivity contribution in [1.82, 2.24) is 0 Å². The Morgan fingerprint density at radius 1 is 1.17 bits per heavy atom. The van der Waals surface area contributed by atoms with Crippen LogP contribution in [0.2, 0.25) is 0 Å². The number of ether oxygens (including phenoxy) is 2. The smallest absolute Gasteiger partial charge is 0.161 e. The number of nitrogens with two attached hydrogens (primary N) is 1. The number of methoxy groups -OCH3 is 2. The predicted molar refractivity (Wildman–Crippen MR) is 80.9 cm³/mol. The van der Waals surface area contributed by atoms with Gasteiger partial charge in [0.05, 0.1) is 14.2 Å². The lowest BCUT2D eigenvalue weighted by Crippen LogP contribution is -2.13. The first-order valence-corrected chi connectivity index (χ1v) is 6.45. The molecule has 0 aliphatic rings. The summed E-state index contributed by atoms with van der Waals surface area (Å²) >= 11 is 3.53. The van der Waals surface area contributed by atoms with Crippen LogP contribution >= 0.6 is 28.3 Å². The molecule has 0 unspecified atom stereocenters. The van der Waals surface area contributed by atoms with Crippen molar-refractivity contribution in [3.8, 4) is 11.5 Å². The Morgan fingerprint density at radius 3 is 2.11 bits per heavy atom. The Hall–Kier alpha value is -0.450. The van der Waals surface area contributed by atoms with Gasteiger partial charge >= 0.3 is 0 Å². The largest absolute Gasteiger partial charge is 0.493 e. The maximum Gasteiger partial charge on any atom is 0.161 e. The molecular weight excluding hydrogens is 318 g/mol. The maximum absolute atomic E-state index is 6.19. The fourth-order valence-electron chi connectivity index (χ4n) is 1.79. The number of benzene rings is 1. The van der Waals surface area contributed by atoms with E-state index in [2.05, 4.69) is 29.8 Å². The van der Waals surface area contributed by atoms with Crippen molar-refractivity contribution in [2.75, 3.05) is 14.2 Å². The summed E-state index contributed by atoms with van der Waals surface area (Å²) in [6.45, 7) is 4.32. The summed E-state index contributed by atoms with van der Waals surface area (Å²) in [5, 5.41) is 0. The Balaban J connectivity index is 0.00000289. The average molecular weight is 339 g/mol. The summed E-state index contributed by atoms with van der Waals surface area (Å²) in [7, 11) is 3.25. The third kappa shape index (κ3) is 4.34. The molecule has 0 bridgehead atoms. The first-order chi connectivity index (χ1) is 7.99. The lowest BCUT2D eigenvalue weighted by molar-refractivity contribution is 0.353. The zero-order valence-electron chi connectivity index (χ0n) is 11.2. The summed E-state index contributed by atoms with van der Waals surface area (Å²) in [6.07, 6.45) is 0.939. The molecule has 1 atom stereocenters. The average Bonchev–Trinajstić information content (AvgIpc) is 2.27. The standard InChI is InChI=1S/C13H20BrNO2.ClH/c1-8(2)5-11(15)9-6-12(16-3)13(17-4)7-10(9)14;/h6-8,11H,5,15H2,1-4H3;1H/t11-;/m1./s1. The normalized spacial score (nSPS) is 11.9. The fourth-order valence-corrected chi connectivity index (χ4v) is 2.41. The minimum Gasteiger partial charge on any atom is -0.493 e. The minimum absolute atomic E-state index is 0. The van der Waals surface area contributed by atoms with E-state index in [9.17, 15) is 0 Å². The molecule has 1 aromatic carbocycles. The first kappa shape index (κ1) is 17.6. The molecule has 0 saturated carbocycles. The molecule has 104 valence electrons. The van der Waals surface area contributed by atoms with Crippen LogP contribution in [0.5, 0.6) is 11.5 Å². The van der Waals surface area contributed by atoms with Crippen LogP contribution in [0.15, 0.2) is 16.6 Å². The highest BCUT2D eigenvalue weighted by Crippen LogP contribution is 2.36. The second-order valence-electron chi connectivity index (χ2n) is 4.46. The Morgan fingerprint density at radius 2 is 1.67 bits per heavy atom. The van der Waals surface area contributed by atoms with E-state index in [4.69, 9.17) is 15.2 Å². The molecule has 18 heavy (non-hydrogen) atoms. The minimum atomic E-state index is 0. The van der Waals surface area contributed by atoms with Gasteiger partial charge in [0.15, 0.2) is 11.5 Å². The van der Waals surface area contributed by atoms with Crippen molar-refractivity contribution in [2.24, 2.45) is 11.7 Å². The molecule has 0 spiro atoms. The van der Waals surface area contributed by atoms with Crippen LogP contribution in [-0.2, 0) is 0 Å². The van der Waals surface area contributed by atoms with E-state index in [-0.39, 0.29) is 18.4 Å². The first-order valence-electron chi connectivity index (χ1n) is 5.66. The highest BCUT2D eigenvalue weighted by atomic mass is 79.9. The van der Waals surface area contributed by atoms with Gasteiger partial charge in [-0.05, 0) is 30.0 Å².